The summed E-state index contributed by atoms with van der Waals surface area (Å²) in [5.41, 5.74) is 2.78. The lowest BCUT2D eigenvalue weighted by atomic mass is 10.1. The van der Waals surface area contributed by atoms with E-state index in [1.807, 2.05) is 31.2 Å². The summed E-state index contributed by atoms with van der Waals surface area (Å²) in [5.74, 6) is -0.425. The van der Waals surface area contributed by atoms with Crippen LogP contribution in [0.15, 0.2) is 40.9 Å². The van der Waals surface area contributed by atoms with Gasteiger partial charge in [-0.3, -0.25) is 0 Å². The van der Waals surface area contributed by atoms with Gasteiger partial charge in [0.05, 0.1) is 11.6 Å². The molecule has 0 saturated carbocycles. The van der Waals surface area contributed by atoms with Gasteiger partial charge in [-0.05, 0) is 48.9 Å². The molecule has 0 aliphatic heterocycles. The van der Waals surface area contributed by atoms with E-state index in [9.17, 15) is 4.39 Å². The van der Waals surface area contributed by atoms with Crippen LogP contribution >= 0.6 is 15.9 Å². The van der Waals surface area contributed by atoms with Crippen molar-refractivity contribution in [3.63, 3.8) is 0 Å². The number of nitrogens with zero attached hydrogens (tertiary/aromatic N) is 1. The van der Waals surface area contributed by atoms with Gasteiger partial charge in [0.25, 0.3) is 0 Å². The molecule has 2 aromatic rings. The first-order valence-corrected chi connectivity index (χ1v) is 6.11. The molecule has 4 heteroatoms. The minimum absolute atomic E-state index is 0.298. The lowest BCUT2D eigenvalue weighted by Gasteiger charge is -2.10. The van der Waals surface area contributed by atoms with Gasteiger partial charge in [0.2, 0.25) is 0 Å². The third kappa shape index (κ3) is 2.88. The predicted molar refractivity (Wildman–Crippen MR) is 73.3 cm³/mol. The summed E-state index contributed by atoms with van der Waals surface area (Å²) >= 11 is 3.39. The van der Waals surface area contributed by atoms with Gasteiger partial charge in [-0.15, -0.1) is 0 Å². The molecule has 2 rings (SSSR count). The Kier molecular flexibility index (Phi) is 3.63. The smallest absolute Gasteiger partial charge is 0.126 e. The number of nitriles is 1. The highest BCUT2D eigenvalue weighted by molar-refractivity contribution is 9.10. The number of halogens is 2. The fraction of sp³-hybridized carbons (Fsp3) is 0.0714. The molecular weight excluding hydrogens is 295 g/mol. The van der Waals surface area contributed by atoms with E-state index in [0.717, 1.165) is 15.7 Å². The molecule has 2 nitrogen and oxygen atoms in total. The average molecular weight is 305 g/mol. The SMILES string of the molecule is Cc1cc(Br)ccc1Nc1cc(F)cc(C#N)c1. The summed E-state index contributed by atoms with van der Waals surface area (Å²) in [6.45, 7) is 1.96. The van der Waals surface area contributed by atoms with Gasteiger partial charge < -0.3 is 5.32 Å². The number of rotatable bonds is 2. The first kappa shape index (κ1) is 12.6. The lowest BCUT2D eigenvalue weighted by Crippen LogP contribution is -1.94. The topological polar surface area (TPSA) is 35.8 Å². The Morgan fingerprint density at radius 1 is 1.22 bits per heavy atom. The van der Waals surface area contributed by atoms with Gasteiger partial charge in [-0.25, -0.2) is 4.39 Å². The summed E-state index contributed by atoms with van der Waals surface area (Å²) in [7, 11) is 0. The van der Waals surface area contributed by atoms with E-state index in [1.165, 1.54) is 12.1 Å². The molecule has 1 N–H and O–H groups in total. The van der Waals surface area contributed by atoms with E-state index in [4.69, 9.17) is 5.26 Å². The lowest BCUT2D eigenvalue weighted by molar-refractivity contribution is 0.628. The van der Waals surface area contributed by atoms with Crippen molar-refractivity contribution in [3.05, 3.63) is 57.8 Å². The maximum absolute atomic E-state index is 13.3. The zero-order valence-corrected chi connectivity index (χ0v) is 11.3. The second-order valence-electron chi connectivity index (χ2n) is 3.92. The zero-order valence-electron chi connectivity index (χ0n) is 9.67. The third-order valence-corrected chi connectivity index (χ3v) is 2.99. The molecular formula is C14H10BrFN2. The molecule has 90 valence electrons. The molecule has 0 fully saturated rings. The Labute approximate surface area is 113 Å². The van der Waals surface area contributed by atoms with E-state index in [0.29, 0.717) is 11.3 Å². The Hall–Kier alpha value is -1.86. The Balaban J connectivity index is 2.34. The van der Waals surface area contributed by atoms with Crippen molar-refractivity contribution >= 4 is 27.3 Å². The van der Waals surface area contributed by atoms with E-state index >= 15 is 0 Å². The Morgan fingerprint density at radius 2 is 2.00 bits per heavy atom. The first-order valence-electron chi connectivity index (χ1n) is 5.32. The summed E-state index contributed by atoms with van der Waals surface area (Å²) in [4.78, 5) is 0. The number of nitrogens with one attached hydrogen (secondary N) is 1. The maximum atomic E-state index is 13.3. The molecule has 0 amide bonds. The van der Waals surface area contributed by atoms with Crippen LogP contribution in [0.1, 0.15) is 11.1 Å². The molecule has 0 spiro atoms. The average Bonchev–Trinajstić information content (AvgIpc) is 2.32. The van der Waals surface area contributed by atoms with Crippen LogP contribution in [0, 0.1) is 24.1 Å². The number of hydrogen-bond donors (Lipinski definition) is 1. The van der Waals surface area contributed by atoms with Crippen molar-refractivity contribution in [2.45, 2.75) is 6.92 Å². The van der Waals surface area contributed by atoms with Gasteiger partial charge in [0.15, 0.2) is 0 Å². The molecule has 0 atom stereocenters. The molecule has 0 aromatic heterocycles. The van der Waals surface area contributed by atoms with Gasteiger partial charge in [0.1, 0.15) is 5.82 Å². The standard InChI is InChI=1S/C14H10BrFN2/c1-9-4-11(15)2-3-14(9)18-13-6-10(8-17)5-12(16)7-13/h2-7,18H,1H3. The summed E-state index contributed by atoms with van der Waals surface area (Å²) < 4.78 is 14.3. The van der Waals surface area contributed by atoms with Crippen LogP contribution in [0.2, 0.25) is 0 Å². The van der Waals surface area contributed by atoms with Crippen molar-refractivity contribution in [3.8, 4) is 6.07 Å². The molecule has 0 radical (unpaired) electrons. The fourth-order valence-corrected chi connectivity index (χ4v) is 2.12. The molecule has 18 heavy (non-hydrogen) atoms. The predicted octanol–water partition coefficient (Wildman–Crippen LogP) is 4.51. The Morgan fingerprint density at radius 3 is 2.67 bits per heavy atom. The van der Waals surface area contributed by atoms with Crippen LogP contribution in [0.5, 0.6) is 0 Å². The normalized spacial score (nSPS) is 9.89. The van der Waals surface area contributed by atoms with E-state index in [2.05, 4.69) is 21.2 Å². The Bertz CT molecular complexity index is 632. The number of anilines is 2. The molecule has 0 aliphatic carbocycles. The second-order valence-corrected chi connectivity index (χ2v) is 4.84. The van der Waals surface area contributed by atoms with Gasteiger partial charge in [-0.1, -0.05) is 15.9 Å². The van der Waals surface area contributed by atoms with Crippen molar-refractivity contribution in [2.75, 3.05) is 5.32 Å². The van der Waals surface area contributed by atoms with Gasteiger partial charge in [0, 0.05) is 15.8 Å². The van der Waals surface area contributed by atoms with Crippen LogP contribution in [-0.2, 0) is 0 Å². The largest absolute Gasteiger partial charge is 0.355 e. The molecule has 0 bridgehead atoms. The third-order valence-electron chi connectivity index (χ3n) is 2.49. The summed E-state index contributed by atoms with van der Waals surface area (Å²) in [6, 6.07) is 11.9. The fourth-order valence-electron chi connectivity index (χ4n) is 1.65. The highest BCUT2D eigenvalue weighted by Gasteiger charge is 2.03. The molecule has 0 unspecified atom stereocenters. The van der Waals surface area contributed by atoms with Gasteiger partial charge in [-0.2, -0.15) is 5.26 Å². The monoisotopic (exact) mass is 304 g/mol. The van der Waals surface area contributed by atoms with Gasteiger partial charge >= 0.3 is 0 Å². The number of benzene rings is 2. The van der Waals surface area contributed by atoms with Crippen molar-refractivity contribution < 1.29 is 4.39 Å². The quantitative estimate of drug-likeness (QED) is 0.886. The molecule has 0 heterocycles. The van der Waals surface area contributed by atoms with Crippen LogP contribution in [-0.4, -0.2) is 0 Å². The number of hydrogen-bond acceptors (Lipinski definition) is 2. The van der Waals surface area contributed by atoms with Crippen molar-refractivity contribution in [1.82, 2.24) is 0 Å². The zero-order chi connectivity index (χ0) is 13.1. The molecule has 0 aliphatic rings. The minimum atomic E-state index is -0.425. The minimum Gasteiger partial charge on any atom is -0.355 e. The highest BCUT2D eigenvalue weighted by Crippen LogP contribution is 2.24. The summed E-state index contributed by atoms with van der Waals surface area (Å²) in [5, 5.41) is 11.9. The second kappa shape index (κ2) is 5.19. The van der Waals surface area contributed by atoms with E-state index in [-0.39, 0.29) is 0 Å². The summed E-state index contributed by atoms with van der Waals surface area (Å²) in [6.07, 6.45) is 0. The number of aryl methyl sites for hydroxylation is 1. The van der Waals surface area contributed by atoms with E-state index < -0.39 is 5.82 Å². The van der Waals surface area contributed by atoms with Crippen molar-refractivity contribution in [2.24, 2.45) is 0 Å². The van der Waals surface area contributed by atoms with Crippen LogP contribution in [0.4, 0.5) is 15.8 Å². The molecule has 0 saturated heterocycles. The first-order chi connectivity index (χ1) is 8.58. The van der Waals surface area contributed by atoms with Crippen LogP contribution in [0.3, 0.4) is 0 Å². The van der Waals surface area contributed by atoms with Crippen LogP contribution < -0.4 is 5.32 Å². The maximum Gasteiger partial charge on any atom is 0.126 e. The van der Waals surface area contributed by atoms with Crippen molar-refractivity contribution in [1.29, 1.82) is 5.26 Å². The van der Waals surface area contributed by atoms with E-state index in [1.54, 1.807) is 6.07 Å². The van der Waals surface area contributed by atoms with Crippen LogP contribution in [0.25, 0.3) is 0 Å². The molecule has 2 aromatic carbocycles. The highest BCUT2D eigenvalue weighted by atomic mass is 79.9.